The number of hydrogen-bond donors (Lipinski definition) is 1. The number of imide groups is 2. The number of ether oxygens (including phenoxy) is 1. The van der Waals surface area contributed by atoms with Crippen molar-refractivity contribution >= 4 is 50.8 Å². The van der Waals surface area contributed by atoms with Crippen LogP contribution in [-0.4, -0.2) is 33.9 Å². The molecule has 0 aliphatic carbocycles. The standard InChI is InChI=1S/C28H24BrN3O5/c1-17-5-7-21(12-18(17)2)37-11-9-31-15-19(23-14-20(29)6-8-25(23)31)13-24-26(33)30-28(35)32(27(24)34)16-22-4-3-10-36-22/h3-8,10,12-15H,9,11,16H2,1-2H3,(H,30,33,35)/b24-13+. The molecule has 4 amide bonds. The summed E-state index contributed by atoms with van der Waals surface area (Å²) in [5.41, 5.74) is 3.84. The van der Waals surface area contributed by atoms with Gasteiger partial charge in [0.25, 0.3) is 11.8 Å². The van der Waals surface area contributed by atoms with Crippen LogP contribution in [0.3, 0.4) is 0 Å². The third-order valence-electron chi connectivity index (χ3n) is 6.33. The fourth-order valence-electron chi connectivity index (χ4n) is 4.21. The highest BCUT2D eigenvalue weighted by Crippen LogP contribution is 2.28. The molecule has 0 radical (unpaired) electrons. The predicted octanol–water partition coefficient (Wildman–Crippen LogP) is 5.35. The minimum atomic E-state index is -0.780. The first kappa shape index (κ1) is 24.6. The van der Waals surface area contributed by atoms with Crippen molar-refractivity contribution in [1.29, 1.82) is 0 Å². The first-order valence-electron chi connectivity index (χ1n) is 11.7. The van der Waals surface area contributed by atoms with E-state index < -0.39 is 17.8 Å². The van der Waals surface area contributed by atoms with Gasteiger partial charge in [-0.15, -0.1) is 0 Å². The van der Waals surface area contributed by atoms with Gasteiger partial charge in [0.1, 0.15) is 23.7 Å². The molecule has 2 aromatic heterocycles. The molecule has 4 aromatic rings. The minimum absolute atomic E-state index is 0.0780. The van der Waals surface area contributed by atoms with Crippen molar-refractivity contribution in [2.75, 3.05) is 6.61 Å². The van der Waals surface area contributed by atoms with E-state index in [1.165, 1.54) is 17.9 Å². The Labute approximate surface area is 221 Å². The van der Waals surface area contributed by atoms with Crippen molar-refractivity contribution in [3.63, 3.8) is 0 Å². The third kappa shape index (κ3) is 5.08. The average Bonchev–Trinajstić information content (AvgIpc) is 3.49. The van der Waals surface area contributed by atoms with Gasteiger partial charge in [0.2, 0.25) is 0 Å². The van der Waals surface area contributed by atoms with Crippen LogP contribution in [0.15, 0.2) is 75.5 Å². The van der Waals surface area contributed by atoms with E-state index in [1.54, 1.807) is 12.1 Å². The van der Waals surface area contributed by atoms with Gasteiger partial charge in [0, 0.05) is 27.1 Å². The van der Waals surface area contributed by atoms with Crippen molar-refractivity contribution in [1.82, 2.24) is 14.8 Å². The van der Waals surface area contributed by atoms with Crippen LogP contribution in [0.4, 0.5) is 4.79 Å². The number of carbonyl (C=O) groups excluding carboxylic acids is 3. The summed E-state index contributed by atoms with van der Waals surface area (Å²) in [7, 11) is 0. The van der Waals surface area contributed by atoms with Crippen LogP contribution in [0, 0.1) is 13.8 Å². The fourth-order valence-corrected chi connectivity index (χ4v) is 4.58. The minimum Gasteiger partial charge on any atom is -0.492 e. The third-order valence-corrected chi connectivity index (χ3v) is 6.83. The van der Waals surface area contributed by atoms with Crippen molar-refractivity contribution < 1.29 is 23.5 Å². The molecule has 0 spiro atoms. The van der Waals surface area contributed by atoms with E-state index in [0.717, 1.165) is 31.6 Å². The van der Waals surface area contributed by atoms with Gasteiger partial charge in [0.05, 0.1) is 19.4 Å². The van der Waals surface area contributed by atoms with Gasteiger partial charge in [0.15, 0.2) is 0 Å². The summed E-state index contributed by atoms with van der Waals surface area (Å²) in [6, 6.07) is 14.4. The molecule has 0 unspecified atom stereocenters. The molecule has 1 aliphatic rings. The Hall–Kier alpha value is -4.11. The van der Waals surface area contributed by atoms with E-state index in [9.17, 15) is 14.4 Å². The maximum atomic E-state index is 13.2. The Morgan fingerprint density at radius 1 is 1.05 bits per heavy atom. The van der Waals surface area contributed by atoms with Crippen molar-refractivity contribution in [3.05, 3.63) is 93.5 Å². The molecule has 8 nitrogen and oxygen atoms in total. The van der Waals surface area contributed by atoms with Crippen molar-refractivity contribution in [2.45, 2.75) is 26.9 Å². The van der Waals surface area contributed by atoms with E-state index in [-0.39, 0.29) is 12.1 Å². The lowest BCUT2D eigenvalue weighted by atomic mass is 10.1. The molecule has 3 heterocycles. The van der Waals surface area contributed by atoms with Crippen LogP contribution in [0.1, 0.15) is 22.5 Å². The van der Waals surface area contributed by atoms with Gasteiger partial charge >= 0.3 is 6.03 Å². The number of hydrogen-bond acceptors (Lipinski definition) is 5. The number of halogens is 1. The summed E-state index contributed by atoms with van der Waals surface area (Å²) in [6.45, 7) is 5.01. The predicted molar refractivity (Wildman–Crippen MR) is 142 cm³/mol. The number of aryl methyl sites for hydroxylation is 2. The lowest BCUT2D eigenvalue weighted by Gasteiger charge is -2.25. The van der Waals surface area contributed by atoms with E-state index in [2.05, 4.69) is 28.2 Å². The zero-order valence-corrected chi connectivity index (χ0v) is 21.9. The topological polar surface area (TPSA) is 93.8 Å². The highest BCUT2D eigenvalue weighted by atomic mass is 79.9. The number of nitrogens with zero attached hydrogens (tertiary/aromatic N) is 2. The number of urea groups is 1. The highest BCUT2D eigenvalue weighted by Gasteiger charge is 2.36. The van der Waals surface area contributed by atoms with Gasteiger partial charge in [-0.2, -0.15) is 0 Å². The van der Waals surface area contributed by atoms with Crippen LogP contribution >= 0.6 is 15.9 Å². The highest BCUT2D eigenvalue weighted by molar-refractivity contribution is 9.10. The Morgan fingerprint density at radius 2 is 1.89 bits per heavy atom. The van der Waals surface area contributed by atoms with Crippen LogP contribution in [0.5, 0.6) is 5.75 Å². The maximum absolute atomic E-state index is 13.2. The average molecular weight is 562 g/mol. The molecule has 188 valence electrons. The molecule has 1 saturated heterocycles. The zero-order chi connectivity index (χ0) is 26.1. The number of fused-ring (bicyclic) bond motifs is 1. The molecule has 5 rings (SSSR count). The molecule has 0 atom stereocenters. The number of barbiturate groups is 1. The van der Waals surface area contributed by atoms with Crippen LogP contribution in [0.2, 0.25) is 0 Å². The molecule has 37 heavy (non-hydrogen) atoms. The summed E-state index contributed by atoms with van der Waals surface area (Å²) in [6.07, 6.45) is 4.86. The van der Waals surface area contributed by atoms with Crippen molar-refractivity contribution in [3.8, 4) is 5.75 Å². The van der Waals surface area contributed by atoms with Crippen molar-refractivity contribution in [2.24, 2.45) is 0 Å². The summed E-state index contributed by atoms with van der Waals surface area (Å²) < 4.78 is 14.1. The van der Waals surface area contributed by atoms with Gasteiger partial charge < -0.3 is 13.7 Å². The lowest BCUT2D eigenvalue weighted by molar-refractivity contribution is -0.130. The Morgan fingerprint density at radius 3 is 2.65 bits per heavy atom. The smallest absolute Gasteiger partial charge is 0.331 e. The van der Waals surface area contributed by atoms with E-state index in [0.29, 0.717) is 24.5 Å². The lowest BCUT2D eigenvalue weighted by Crippen LogP contribution is -2.53. The number of rotatable bonds is 7. The largest absolute Gasteiger partial charge is 0.492 e. The number of benzene rings is 2. The second-order valence-electron chi connectivity index (χ2n) is 8.82. The molecule has 1 aliphatic heterocycles. The summed E-state index contributed by atoms with van der Waals surface area (Å²) in [4.78, 5) is 39.1. The molecule has 2 aromatic carbocycles. The summed E-state index contributed by atoms with van der Waals surface area (Å²) in [5, 5.41) is 3.10. The Balaban J connectivity index is 1.43. The normalized spacial score (nSPS) is 15.1. The van der Waals surface area contributed by atoms with Gasteiger partial charge in [-0.3, -0.25) is 19.8 Å². The van der Waals surface area contributed by atoms with Gasteiger partial charge in [-0.1, -0.05) is 22.0 Å². The van der Waals surface area contributed by atoms with Crippen LogP contribution in [0.25, 0.3) is 17.0 Å². The maximum Gasteiger partial charge on any atom is 0.331 e. The number of furan rings is 1. The van der Waals surface area contributed by atoms with E-state index in [1.807, 2.05) is 54.1 Å². The van der Waals surface area contributed by atoms with Gasteiger partial charge in [-0.05, 0) is 73.5 Å². The Kier molecular flexibility index (Phi) is 6.71. The monoisotopic (exact) mass is 561 g/mol. The number of nitrogens with one attached hydrogen (secondary N) is 1. The first-order valence-corrected chi connectivity index (χ1v) is 12.5. The van der Waals surface area contributed by atoms with E-state index >= 15 is 0 Å². The SMILES string of the molecule is Cc1ccc(OCCn2cc(/C=C3\C(=O)NC(=O)N(Cc4ccco4)C3=O)c3cc(Br)ccc32)cc1C. The number of carbonyl (C=O) groups is 3. The Bertz CT molecular complexity index is 1550. The van der Waals surface area contributed by atoms with Crippen LogP contribution in [-0.2, 0) is 22.7 Å². The fraction of sp³-hybridized carbons (Fsp3) is 0.179. The molecular weight excluding hydrogens is 538 g/mol. The number of amides is 4. The molecular formula is C28H24BrN3O5. The second-order valence-corrected chi connectivity index (χ2v) is 9.74. The molecule has 1 N–H and O–H groups in total. The molecule has 9 heteroatoms. The van der Waals surface area contributed by atoms with Crippen LogP contribution < -0.4 is 10.1 Å². The molecule has 0 bridgehead atoms. The number of aromatic nitrogens is 1. The summed E-state index contributed by atoms with van der Waals surface area (Å²) >= 11 is 3.51. The van der Waals surface area contributed by atoms with Gasteiger partial charge in [-0.25, -0.2) is 4.79 Å². The quantitative estimate of drug-likeness (QED) is 0.242. The van der Waals surface area contributed by atoms with E-state index in [4.69, 9.17) is 9.15 Å². The second kappa shape index (κ2) is 10.1. The first-order chi connectivity index (χ1) is 17.8. The zero-order valence-electron chi connectivity index (χ0n) is 20.3. The molecule has 1 fully saturated rings. The molecule has 0 saturated carbocycles. The summed E-state index contributed by atoms with van der Waals surface area (Å²) in [5.74, 6) is -0.185.